The van der Waals surface area contributed by atoms with Crippen molar-refractivity contribution >= 4 is 0 Å². The fourth-order valence-corrected chi connectivity index (χ4v) is 2.50. The molecule has 0 amide bonds. The van der Waals surface area contributed by atoms with E-state index in [-0.39, 0.29) is 6.23 Å². The minimum Gasteiger partial charge on any atom is -0.359 e. The van der Waals surface area contributed by atoms with E-state index in [0.29, 0.717) is 0 Å². The molecule has 0 fully saturated rings. The van der Waals surface area contributed by atoms with Crippen molar-refractivity contribution in [1.29, 1.82) is 0 Å². The number of hydrogen-bond donors (Lipinski definition) is 1. The van der Waals surface area contributed by atoms with E-state index >= 15 is 0 Å². The van der Waals surface area contributed by atoms with E-state index in [9.17, 15) is 0 Å². The molecule has 1 aromatic rings. The molecule has 1 aromatic carbocycles. The molecule has 1 aliphatic heterocycles. The minimum absolute atomic E-state index is 0.122. The summed E-state index contributed by atoms with van der Waals surface area (Å²) in [5.41, 5.74) is 2.70. The Balaban J connectivity index is 1.61. The molecule has 1 heterocycles. The molecule has 0 saturated heterocycles. The number of hydrogen-bond acceptors (Lipinski definition) is 2. The largest absolute Gasteiger partial charge is 0.359 e. The normalized spacial score (nSPS) is 17.9. The third-order valence-corrected chi connectivity index (χ3v) is 3.60. The van der Waals surface area contributed by atoms with Crippen LogP contribution in [-0.2, 0) is 11.3 Å². The lowest BCUT2D eigenvalue weighted by Crippen LogP contribution is -2.16. The summed E-state index contributed by atoms with van der Waals surface area (Å²) in [5.74, 6) is 0. The molecule has 100 valence electrons. The average Bonchev–Trinajstić information content (AvgIpc) is 2.81. The highest BCUT2D eigenvalue weighted by molar-refractivity contribution is 5.32. The Morgan fingerprint density at radius 1 is 1.11 bits per heavy atom. The predicted molar refractivity (Wildman–Crippen MR) is 75.4 cm³/mol. The van der Waals surface area contributed by atoms with Crippen LogP contribution < -0.4 is 5.32 Å². The van der Waals surface area contributed by atoms with Gasteiger partial charge < -0.3 is 4.74 Å². The van der Waals surface area contributed by atoms with Crippen LogP contribution in [0.5, 0.6) is 0 Å². The Morgan fingerprint density at radius 2 is 1.89 bits per heavy atom. The summed E-state index contributed by atoms with van der Waals surface area (Å²) < 4.78 is 5.92. The van der Waals surface area contributed by atoms with Gasteiger partial charge in [0.25, 0.3) is 0 Å². The first-order valence-electron chi connectivity index (χ1n) is 7.34. The molecule has 0 saturated carbocycles. The molecular weight excluding hydrogens is 222 g/mol. The van der Waals surface area contributed by atoms with Crippen molar-refractivity contribution in [2.45, 2.75) is 58.2 Å². The fourth-order valence-electron chi connectivity index (χ4n) is 2.50. The fraction of sp³-hybridized carbons (Fsp3) is 0.625. The van der Waals surface area contributed by atoms with Gasteiger partial charge in [-0.15, -0.1) is 0 Å². The Kier molecular flexibility index (Phi) is 5.69. The Hall–Kier alpha value is -0.860. The topological polar surface area (TPSA) is 21.3 Å². The van der Waals surface area contributed by atoms with Gasteiger partial charge in [-0.3, -0.25) is 5.32 Å². The average molecular weight is 247 g/mol. The molecule has 0 spiro atoms. The van der Waals surface area contributed by atoms with Gasteiger partial charge in [0.1, 0.15) is 6.23 Å². The van der Waals surface area contributed by atoms with Gasteiger partial charge in [0.15, 0.2) is 0 Å². The number of nitrogens with one attached hydrogen (secondary N) is 1. The number of ether oxygens (including phenoxy) is 1. The summed E-state index contributed by atoms with van der Waals surface area (Å²) in [4.78, 5) is 0. The SMILES string of the molecule is CCCCCCCCOC1NCc2ccccc21. The van der Waals surface area contributed by atoms with Crippen LogP contribution in [0.2, 0.25) is 0 Å². The Bertz CT molecular complexity index is 351. The second-order valence-corrected chi connectivity index (χ2v) is 5.10. The third kappa shape index (κ3) is 3.82. The van der Waals surface area contributed by atoms with Crippen molar-refractivity contribution in [2.24, 2.45) is 0 Å². The molecule has 18 heavy (non-hydrogen) atoms. The molecular formula is C16H25NO. The summed E-state index contributed by atoms with van der Waals surface area (Å²) in [5, 5.41) is 3.41. The van der Waals surface area contributed by atoms with Crippen molar-refractivity contribution in [2.75, 3.05) is 6.61 Å². The molecule has 2 heteroatoms. The highest BCUT2D eigenvalue weighted by atomic mass is 16.5. The van der Waals surface area contributed by atoms with Crippen LogP contribution in [0, 0.1) is 0 Å². The van der Waals surface area contributed by atoms with E-state index in [4.69, 9.17) is 4.74 Å². The van der Waals surface area contributed by atoms with Crippen LogP contribution >= 0.6 is 0 Å². The number of fused-ring (bicyclic) bond motifs is 1. The second kappa shape index (κ2) is 7.55. The summed E-state index contributed by atoms with van der Waals surface area (Å²) in [7, 11) is 0. The lowest BCUT2D eigenvalue weighted by Gasteiger charge is -2.13. The van der Waals surface area contributed by atoms with E-state index in [1.54, 1.807) is 0 Å². The summed E-state index contributed by atoms with van der Waals surface area (Å²) in [6.45, 7) is 4.07. The van der Waals surface area contributed by atoms with Crippen molar-refractivity contribution in [3.05, 3.63) is 35.4 Å². The van der Waals surface area contributed by atoms with Crippen LogP contribution in [0.25, 0.3) is 0 Å². The van der Waals surface area contributed by atoms with Crippen LogP contribution in [0.3, 0.4) is 0 Å². The molecule has 1 atom stereocenters. The van der Waals surface area contributed by atoms with E-state index < -0.39 is 0 Å². The number of rotatable bonds is 8. The molecule has 1 N–H and O–H groups in total. The molecule has 0 radical (unpaired) electrons. The van der Waals surface area contributed by atoms with Crippen LogP contribution in [-0.4, -0.2) is 6.61 Å². The monoisotopic (exact) mass is 247 g/mol. The number of unbranched alkanes of at least 4 members (excludes halogenated alkanes) is 5. The van der Waals surface area contributed by atoms with Gasteiger partial charge in [0.05, 0.1) is 0 Å². The zero-order chi connectivity index (χ0) is 12.6. The Labute approximate surface area is 111 Å². The molecule has 2 nitrogen and oxygen atoms in total. The van der Waals surface area contributed by atoms with Crippen molar-refractivity contribution in [1.82, 2.24) is 5.32 Å². The number of benzene rings is 1. The maximum absolute atomic E-state index is 5.92. The summed E-state index contributed by atoms with van der Waals surface area (Å²) >= 11 is 0. The van der Waals surface area contributed by atoms with Crippen LogP contribution in [0.4, 0.5) is 0 Å². The van der Waals surface area contributed by atoms with Crippen LogP contribution in [0.15, 0.2) is 24.3 Å². The van der Waals surface area contributed by atoms with Gasteiger partial charge in [-0.2, -0.15) is 0 Å². The van der Waals surface area contributed by atoms with E-state index in [1.165, 1.54) is 49.7 Å². The van der Waals surface area contributed by atoms with Gasteiger partial charge in [0.2, 0.25) is 0 Å². The maximum atomic E-state index is 5.92. The summed E-state index contributed by atoms with van der Waals surface area (Å²) in [6.07, 6.45) is 8.03. The molecule has 1 aliphatic rings. The zero-order valence-electron chi connectivity index (χ0n) is 11.5. The van der Waals surface area contributed by atoms with Crippen LogP contribution in [0.1, 0.15) is 62.8 Å². The molecule has 1 unspecified atom stereocenters. The first kappa shape index (κ1) is 13.6. The standard InChI is InChI=1S/C16H25NO/c1-2-3-4-5-6-9-12-18-16-15-11-8-7-10-14(15)13-17-16/h7-8,10-11,16-17H,2-6,9,12-13H2,1H3. The highest BCUT2D eigenvalue weighted by Gasteiger charge is 2.20. The zero-order valence-corrected chi connectivity index (χ0v) is 11.5. The molecule has 0 aliphatic carbocycles. The van der Waals surface area contributed by atoms with Gasteiger partial charge >= 0.3 is 0 Å². The molecule has 0 bridgehead atoms. The Morgan fingerprint density at radius 3 is 2.78 bits per heavy atom. The predicted octanol–water partition coefficient (Wildman–Crippen LogP) is 4.17. The smallest absolute Gasteiger partial charge is 0.134 e. The van der Waals surface area contributed by atoms with Crippen molar-refractivity contribution in [3.63, 3.8) is 0 Å². The second-order valence-electron chi connectivity index (χ2n) is 5.10. The highest BCUT2D eigenvalue weighted by Crippen LogP contribution is 2.25. The maximum Gasteiger partial charge on any atom is 0.134 e. The minimum atomic E-state index is 0.122. The summed E-state index contributed by atoms with van der Waals surface area (Å²) in [6, 6.07) is 8.53. The molecule has 2 rings (SSSR count). The van der Waals surface area contributed by atoms with E-state index in [1.807, 2.05) is 0 Å². The quantitative estimate of drug-likeness (QED) is 0.696. The third-order valence-electron chi connectivity index (χ3n) is 3.60. The first-order chi connectivity index (χ1) is 8.92. The van der Waals surface area contributed by atoms with E-state index in [2.05, 4.69) is 36.5 Å². The van der Waals surface area contributed by atoms with Crippen molar-refractivity contribution < 1.29 is 4.74 Å². The van der Waals surface area contributed by atoms with Gasteiger partial charge in [-0.05, 0) is 17.5 Å². The molecule has 0 aromatic heterocycles. The van der Waals surface area contributed by atoms with Gasteiger partial charge in [-0.1, -0.05) is 63.3 Å². The first-order valence-corrected chi connectivity index (χ1v) is 7.34. The van der Waals surface area contributed by atoms with Crippen molar-refractivity contribution in [3.8, 4) is 0 Å². The van der Waals surface area contributed by atoms with E-state index in [0.717, 1.165) is 13.2 Å². The lowest BCUT2D eigenvalue weighted by atomic mass is 10.1. The van der Waals surface area contributed by atoms with Gasteiger partial charge in [0, 0.05) is 13.2 Å². The van der Waals surface area contributed by atoms with Gasteiger partial charge in [-0.25, -0.2) is 0 Å². The lowest BCUT2D eigenvalue weighted by molar-refractivity contribution is 0.0332.